The zero-order valence-corrected chi connectivity index (χ0v) is 12.0. The maximum absolute atomic E-state index is 13.2. The first-order chi connectivity index (χ1) is 10.2. The number of benzene rings is 2. The van der Waals surface area contributed by atoms with Crippen molar-refractivity contribution in [1.82, 2.24) is 14.8 Å². The Hall–Kier alpha value is -2.20. The zero-order valence-electron chi connectivity index (χ0n) is 11.2. The van der Waals surface area contributed by atoms with Gasteiger partial charge in [-0.15, -0.1) is 10.2 Å². The first kappa shape index (κ1) is 13.8. The first-order valence-corrected chi connectivity index (χ1v) is 7.00. The van der Waals surface area contributed by atoms with Crippen LogP contribution in [0.4, 0.5) is 4.39 Å². The molecule has 3 rings (SSSR count). The summed E-state index contributed by atoms with van der Waals surface area (Å²) < 4.78 is 15.0. The van der Waals surface area contributed by atoms with Gasteiger partial charge in [-0.2, -0.15) is 0 Å². The molecule has 106 valence electrons. The van der Waals surface area contributed by atoms with Gasteiger partial charge in [0.15, 0.2) is 5.82 Å². The molecule has 3 nitrogen and oxygen atoms in total. The molecule has 0 bridgehead atoms. The van der Waals surface area contributed by atoms with Crippen LogP contribution in [0.25, 0.3) is 11.4 Å². The number of aromatic nitrogens is 3. The van der Waals surface area contributed by atoms with E-state index in [2.05, 4.69) is 10.2 Å². The van der Waals surface area contributed by atoms with E-state index in [9.17, 15) is 4.39 Å². The Morgan fingerprint density at radius 3 is 2.57 bits per heavy atom. The Balaban J connectivity index is 1.84. The fourth-order valence-electron chi connectivity index (χ4n) is 2.22. The molecule has 0 fully saturated rings. The topological polar surface area (TPSA) is 30.7 Å². The molecule has 0 atom stereocenters. The van der Waals surface area contributed by atoms with Crippen molar-refractivity contribution in [3.63, 3.8) is 0 Å². The highest BCUT2D eigenvalue weighted by atomic mass is 35.5. The fourth-order valence-corrected chi connectivity index (χ4v) is 2.42. The molecular formula is C16H13ClFN3. The van der Waals surface area contributed by atoms with E-state index in [1.807, 2.05) is 41.0 Å². The highest BCUT2D eigenvalue weighted by Gasteiger charge is 2.11. The van der Waals surface area contributed by atoms with Gasteiger partial charge in [0, 0.05) is 12.1 Å². The summed E-state index contributed by atoms with van der Waals surface area (Å²) in [5, 5.41) is 8.39. The van der Waals surface area contributed by atoms with Gasteiger partial charge in [-0.1, -0.05) is 42.5 Å². The van der Waals surface area contributed by atoms with Crippen molar-refractivity contribution >= 4 is 11.6 Å². The number of halogens is 2. The minimum atomic E-state index is -0.231. The SMILES string of the molecule is Fc1cccc(CCn2c(Cl)nnc2-c2ccccc2)c1. The van der Waals surface area contributed by atoms with Crippen LogP contribution in [0, 0.1) is 5.82 Å². The van der Waals surface area contributed by atoms with Crippen molar-refractivity contribution < 1.29 is 4.39 Å². The van der Waals surface area contributed by atoms with Crippen molar-refractivity contribution in [2.24, 2.45) is 0 Å². The smallest absolute Gasteiger partial charge is 0.225 e. The number of aryl methyl sites for hydroxylation is 1. The van der Waals surface area contributed by atoms with E-state index >= 15 is 0 Å². The van der Waals surface area contributed by atoms with Gasteiger partial charge in [-0.3, -0.25) is 4.57 Å². The number of nitrogens with zero attached hydrogens (tertiary/aromatic N) is 3. The summed E-state index contributed by atoms with van der Waals surface area (Å²) >= 11 is 6.11. The lowest BCUT2D eigenvalue weighted by molar-refractivity contribution is 0.622. The van der Waals surface area contributed by atoms with Crippen molar-refractivity contribution in [2.45, 2.75) is 13.0 Å². The van der Waals surface area contributed by atoms with Crippen LogP contribution in [0.3, 0.4) is 0 Å². The molecule has 0 unspecified atom stereocenters. The average Bonchev–Trinajstić information content (AvgIpc) is 2.87. The largest absolute Gasteiger partial charge is 0.297 e. The lowest BCUT2D eigenvalue weighted by Gasteiger charge is -2.08. The van der Waals surface area contributed by atoms with Gasteiger partial charge < -0.3 is 0 Å². The molecule has 21 heavy (non-hydrogen) atoms. The molecular weight excluding hydrogens is 289 g/mol. The summed E-state index contributed by atoms with van der Waals surface area (Å²) in [6, 6.07) is 16.3. The second-order valence-corrected chi connectivity index (χ2v) is 5.03. The highest BCUT2D eigenvalue weighted by Crippen LogP contribution is 2.21. The van der Waals surface area contributed by atoms with Gasteiger partial charge in [-0.25, -0.2) is 4.39 Å². The molecule has 0 saturated carbocycles. The second kappa shape index (κ2) is 6.06. The Bertz CT molecular complexity index is 740. The van der Waals surface area contributed by atoms with Crippen LogP contribution in [-0.2, 0) is 13.0 Å². The van der Waals surface area contributed by atoms with E-state index < -0.39 is 0 Å². The minimum absolute atomic E-state index is 0.231. The Morgan fingerprint density at radius 2 is 1.81 bits per heavy atom. The molecule has 3 aromatic rings. The van der Waals surface area contributed by atoms with Crippen molar-refractivity contribution in [3.05, 3.63) is 71.3 Å². The van der Waals surface area contributed by atoms with Crippen LogP contribution < -0.4 is 0 Å². The van der Waals surface area contributed by atoms with Crippen LogP contribution >= 0.6 is 11.6 Å². The van der Waals surface area contributed by atoms with Crippen LogP contribution in [0.1, 0.15) is 5.56 Å². The highest BCUT2D eigenvalue weighted by molar-refractivity contribution is 6.28. The maximum Gasteiger partial charge on any atom is 0.225 e. The maximum atomic E-state index is 13.2. The Morgan fingerprint density at radius 1 is 1.00 bits per heavy atom. The Labute approximate surface area is 127 Å². The second-order valence-electron chi connectivity index (χ2n) is 4.69. The van der Waals surface area contributed by atoms with Crippen molar-refractivity contribution in [3.8, 4) is 11.4 Å². The van der Waals surface area contributed by atoms with Crippen LogP contribution in [0.5, 0.6) is 0 Å². The fraction of sp³-hybridized carbons (Fsp3) is 0.125. The minimum Gasteiger partial charge on any atom is -0.297 e. The van der Waals surface area contributed by atoms with E-state index in [0.29, 0.717) is 18.2 Å². The molecule has 5 heteroatoms. The quantitative estimate of drug-likeness (QED) is 0.730. The molecule has 0 aliphatic carbocycles. The lowest BCUT2D eigenvalue weighted by Crippen LogP contribution is -2.04. The number of hydrogen-bond donors (Lipinski definition) is 0. The molecule has 2 aromatic carbocycles. The molecule has 0 spiro atoms. The van der Waals surface area contributed by atoms with Gasteiger partial charge >= 0.3 is 0 Å². The van der Waals surface area contributed by atoms with Gasteiger partial charge in [-0.05, 0) is 35.7 Å². The molecule has 1 aromatic heterocycles. The lowest BCUT2D eigenvalue weighted by atomic mass is 10.1. The molecule has 0 N–H and O–H groups in total. The summed E-state index contributed by atoms with van der Waals surface area (Å²) in [7, 11) is 0. The van der Waals surface area contributed by atoms with E-state index in [0.717, 1.165) is 17.0 Å². The standard InChI is InChI=1S/C16H13ClFN3/c17-16-20-19-15(13-6-2-1-3-7-13)21(16)10-9-12-5-4-8-14(18)11-12/h1-8,11H,9-10H2. The molecule has 0 amide bonds. The van der Waals surface area contributed by atoms with E-state index in [4.69, 9.17) is 11.6 Å². The predicted molar refractivity (Wildman–Crippen MR) is 80.6 cm³/mol. The van der Waals surface area contributed by atoms with Gasteiger partial charge in [0.25, 0.3) is 0 Å². The molecule has 0 aliphatic heterocycles. The number of hydrogen-bond acceptors (Lipinski definition) is 2. The van der Waals surface area contributed by atoms with Crippen molar-refractivity contribution in [2.75, 3.05) is 0 Å². The average molecular weight is 302 g/mol. The molecule has 1 heterocycles. The summed E-state index contributed by atoms with van der Waals surface area (Å²) in [5.41, 5.74) is 1.87. The zero-order chi connectivity index (χ0) is 14.7. The van der Waals surface area contributed by atoms with E-state index in [1.165, 1.54) is 12.1 Å². The summed E-state index contributed by atoms with van der Waals surface area (Å²) in [5.74, 6) is 0.489. The molecule has 0 radical (unpaired) electrons. The van der Waals surface area contributed by atoms with Crippen molar-refractivity contribution in [1.29, 1.82) is 0 Å². The monoisotopic (exact) mass is 301 g/mol. The number of rotatable bonds is 4. The van der Waals surface area contributed by atoms with Crippen LogP contribution in [0.2, 0.25) is 5.28 Å². The third-order valence-corrected chi connectivity index (χ3v) is 3.53. The Kier molecular flexibility index (Phi) is 3.97. The summed E-state index contributed by atoms with van der Waals surface area (Å²) in [6.45, 7) is 0.597. The summed E-state index contributed by atoms with van der Waals surface area (Å²) in [4.78, 5) is 0. The predicted octanol–water partition coefficient (Wildman–Crippen LogP) is 3.98. The van der Waals surface area contributed by atoms with Gasteiger partial charge in [0.2, 0.25) is 5.28 Å². The van der Waals surface area contributed by atoms with E-state index in [1.54, 1.807) is 6.07 Å². The third-order valence-electron chi connectivity index (χ3n) is 3.25. The van der Waals surface area contributed by atoms with Crippen LogP contribution in [0.15, 0.2) is 54.6 Å². The van der Waals surface area contributed by atoms with Gasteiger partial charge in [0.1, 0.15) is 5.82 Å². The molecule has 0 saturated heterocycles. The van der Waals surface area contributed by atoms with E-state index in [-0.39, 0.29) is 5.82 Å². The van der Waals surface area contributed by atoms with Crippen LogP contribution in [-0.4, -0.2) is 14.8 Å². The normalized spacial score (nSPS) is 10.8. The first-order valence-electron chi connectivity index (χ1n) is 6.62. The summed E-state index contributed by atoms with van der Waals surface area (Å²) in [6.07, 6.45) is 0.662. The molecule has 0 aliphatic rings. The van der Waals surface area contributed by atoms with Gasteiger partial charge in [0.05, 0.1) is 0 Å². The third kappa shape index (κ3) is 3.11.